The Bertz CT molecular complexity index is 354. The molecule has 2 heterocycles. The van der Waals surface area contributed by atoms with Gasteiger partial charge < -0.3 is 10.6 Å². The van der Waals surface area contributed by atoms with Crippen LogP contribution in [0, 0.1) is 12.8 Å². The van der Waals surface area contributed by atoms with Crippen molar-refractivity contribution in [2.24, 2.45) is 11.7 Å². The number of nitrogens with two attached hydrogens (primary N) is 1. The zero-order chi connectivity index (χ0) is 11.5. The normalized spacial score (nSPS) is 17.8. The molecule has 1 fully saturated rings. The Morgan fingerprint density at radius 1 is 1.44 bits per heavy atom. The molecule has 2 rings (SSSR count). The van der Waals surface area contributed by atoms with Crippen LogP contribution in [0.5, 0.6) is 0 Å². The minimum absolute atomic E-state index is 0.575. The lowest BCUT2D eigenvalue weighted by molar-refractivity contribution is 0.436. The second-order valence-electron chi connectivity index (χ2n) is 4.86. The standard InChI is InChI=1S/C13H21N3/c1-10-3-5-16(6-4-10)13-11(2)7-12(8-14)9-15-13/h7,9-10H,3-6,8,14H2,1-2H3. The summed E-state index contributed by atoms with van der Waals surface area (Å²) in [6.07, 6.45) is 4.46. The summed E-state index contributed by atoms with van der Waals surface area (Å²) in [6, 6.07) is 2.15. The summed E-state index contributed by atoms with van der Waals surface area (Å²) in [6.45, 7) is 7.30. The monoisotopic (exact) mass is 219 g/mol. The van der Waals surface area contributed by atoms with Crippen molar-refractivity contribution in [2.75, 3.05) is 18.0 Å². The lowest BCUT2D eigenvalue weighted by Gasteiger charge is -2.32. The summed E-state index contributed by atoms with van der Waals surface area (Å²) in [4.78, 5) is 6.94. The first kappa shape index (κ1) is 11.4. The van der Waals surface area contributed by atoms with E-state index in [1.807, 2.05) is 6.20 Å². The van der Waals surface area contributed by atoms with E-state index in [4.69, 9.17) is 5.73 Å². The summed E-state index contributed by atoms with van der Waals surface area (Å²) in [5, 5.41) is 0. The average molecular weight is 219 g/mol. The molecular formula is C13H21N3. The number of hydrogen-bond acceptors (Lipinski definition) is 3. The van der Waals surface area contributed by atoms with Crippen molar-refractivity contribution in [2.45, 2.75) is 33.2 Å². The summed E-state index contributed by atoms with van der Waals surface area (Å²) in [5.74, 6) is 2.00. The molecule has 3 nitrogen and oxygen atoms in total. The minimum Gasteiger partial charge on any atom is -0.356 e. The Hall–Kier alpha value is -1.09. The van der Waals surface area contributed by atoms with Crippen LogP contribution in [0.25, 0.3) is 0 Å². The predicted octanol–water partition coefficient (Wildman–Crippen LogP) is 2.09. The highest BCUT2D eigenvalue weighted by atomic mass is 15.2. The largest absolute Gasteiger partial charge is 0.356 e. The van der Waals surface area contributed by atoms with Crippen molar-refractivity contribution in [1.29, 1.82) is 0 Å². The number of anilines is 1. The van der Waals surface area contributed by atoms with Crippen molar-refractivity contribution in [1.82, 2.24) is 4.98 Å². The van der Waals surface area contributed by atoms with Gasteiger partial charge in [0.2, 0.25) is 0 Å². The Kier molecular flexibility index (Phi) is 3.44. The van der Waals surface area contributed by atoms with Gasteiger partial charge in [-0.3, -0.25) is 0 Å². The van der Waals surface area contributed by atoms with Gasteiger partial charge in [0.25, 0.3) is 0 Å². The molecule has 3 heteroatoms. The zero-order valence-electron chi connectivity index (χ0n) is 10.2. The van der Waals surface area contributed by atoms with Gasteiger partial charge in [0, 0.05) is 25.8 Å². The van der Waals surface area contributed by atoms with Crippen LogP contribution in [0.2, 0.25) is 0 Å². The van der Waals surface area contributed by atoms with Gasteiger partial charge >= 0.3 is 0 Å². The van der Waals surface area contributed by atoms with Crippen molar-refractivity contribution in [3.8, 4) is 0 Å². The fourth-order valence-electron chi connectivity index (χ4n) is 2.29. The predicted molar refractivity (Wildman–Crippen MR) is 67.5 cm³/mol. The summed E-state index contributed by atoms with van der Waals surface area (Å²) < 4.78 is 0. The second kappa shape index (κ2) is 4.83. The summed E-state index contributed by atoms with van der Waals surface area (Å²) in [5.41, 5.74) is 7.98. The first-order valence-electron chi connectivity index (χ1n) is 6.11. The molecule has 1 aromatic heterocycles. The maximum atomic E-state index is 5.61. The van der Waals surface area contributed by atoms with Crippen LogP contribution in [0.15, 0.2) is 12.3 Å². The fraction of sp³-hybridized carbons (Fsp3) is 0.615. The molecule has 0 amide bonds. The molecule has 0 saturated carbocycles. The minimum atomic E-state index is 0.575. The van der Waals surface area contributed by atoms with Gasteiger partial charge in [0.05, 0.1) is 0 Å². The number of pyridine rings is 1. The van der Waals surface area contributed by atoms with Crippen LogP contribution in [0.3, 0.4) is 0 Å². The van der Waals surface area contributed by atoms with Crippen LogP contribution in [0.4, 0.5) is 5.82 Å². The Morgan fingerprint density at radius 2 is 2.12 bits per heavy atom. The molecule has 0 radical (unpaired) electrons. The van der Waals surface area contributed by atoms with Crippen molar-refractivity contribution in [3.05, 3.63) is 23.4 Å². The molecule has 0 unspecified atom stereocenters. The third-order valence-corrected chi connectivity index (χ3v) is 3.43. The Morgan fingerprint density at radius 3 is 2.69 bits per heavy atom. The molecule has 1 saturated heterocycles. The van der Waals surface area contributed by atoms with Crippen LogP contribution in [-0.4, -0.2) is 18.1 Å². The highest BCUT2D eigenvalue weighted by Gasteiger charge is 2.18. The molecule has 2 N–H and O–H groups in total. The van der Waals surface area contributed by atoms with Crippen LogP contribution < -0.4 is 10.6 Å². The van der Waals surface area contributed by atoms with E-state index in [9.17, 15) is 0 Å². The highest BCUT2D eigenvalue weighted by Crippen LogP contribution is 2.24. The van der Waals surface area contributed by atoms with Crippen LogP contribution in [-0.2, 0) is 6.54 Å². The average Bonchev–Trinajstić information content (AvgIpc) is 2.30. The van der Waals surface area contributed by atoms with Gasteiger partial charge in [-0.25, -0.2) is 4.98 Å². The van der Waals surface area contributed by atoms with Crippen molar-refractivity contribution < 1.29 is 0 Å². The van der Waals surface area contributed by atoms with Gasteiger partial charge in [-0.05, 0) is 42.9 Å². The molecule has 1 aliphatic rings. The number of aromatic nitrogens is 1. The molecule has 0 aliphatic carbocycles. The third kappa shape index (κ3) is 2.35. The van der Waals surface area contributed by atoms with E-state index in [1.165, 1.54) is 18.4 Å². The molecular weight excluding hydrogens is 198 g/mol. The van der Waals surface area contributed by atoms with Crippen LogP contribution >= 0.6 is 0 Å². The van der Waals surface area contributed by atoms with E-state index in [-0.39, 0.29) is 0 Å². The van der Waals surface area contributed by atoms with Crippen molar-refractivity contribution in [3.63, 3.8) is 0 Å². The number of nitrogens with zero attached hydrogens (tertiary/aromatic N) is 2. The first-order chi connectivity index (χ1) is 7.70. The van der Waals surface area contributed by atoms with Gasteiger partial charge in [-0.15, -0.1) is 0 Å². The van der Waals surface area contributed by atoms with E-state index in [2.05, 4.69) is 29.8 Å². The molecule has 0 spiro atoms. The molecule has 16 heavy (non-hydrogen) atoms. The molecule has 1 aliphatic heterocycles. The number of hydrogen-bond donors (Lipinski definition) is 1. The fourth-order valence-corrected chi connectivity index (χ4v) is 2.29. The van der Waals surface area contributed by atoms with E-state index < -0.39 is 0 Å². The smallest absolute Gasteiger partial charge is 0.131 e. The van der Waals surface area contributed by atoms with E-state index in [0.717, 1.165) is 30.4 Å². The Labute approximate surface area is 97.7 Å². The maximum absolute atomic E-state index is 5.61. The molecule has 1 aromatic rings. The zero-order valence-corrected chi connectivity index (χ0v) is 10.2. The topological polar surface area (TPSA) is 42.1 Å². The quantitative estimate of drug-likeness (QED) is 0.828. The van der Waals surface area contributed by atoms with Gasteiger partial charge in [0.15, 0.2) is 0 Å². The number of aryl methyl sites for hydroxylation is 1. The van der Waals surface area contributed by atoms with Crippen molar-refractivity contribution >= 4 is 5.82 Å². The van der Waals surface area contributed by atoms with Gasteiger partial charge in [-0.2, -0.15) is 0 Å². The van der Waals surface area contributed by atoms with Gasteiger partial charge in [0.1, 0.15) is 5.82 Å². The third-order valence-electron chi connectivity index (χ3n) is 3.43. The molecule has 0 atom stereocenters. The molecule has 88 valence electrons. The van der Waals surface area contributed by atoms with E-state index in [0.29, 0.717) is 6.54 Å². The second-order valence-corrected chi connectivity index (χ2v) is 4.86. The summed E-state index contributed by atoms with van der Waals surface area (Å²) in [7, 11) is 0. The molecule has 0 aromatic carbocycles. The van der Waals surface area contributed by atoms with Gasteiger partial charge in [-0.1, -0.05) is 6.92 Å². The lowest BCUT2D eigenvalue weighted by Crippen LogP contribution is -2.33. The number of piperidine rings is 1. The summed E-state index contributed by atoms with van der Waals surface area (Å²) >= 11 is 0. The first-order valence-corrected chi connectivity index (χ1v) is 6.11. The maximum Gasteiger partial charge on any atom is 0.131 e. The van der Waals surface area contributed by atoms with E-state index >= 15 is 0 Å². The highest BCUT2D eigenvalue weighted by molar-refractivity contribution is 5.47. The molecule has 0 bridgehead atoms. The Balaban J connectivity index is 2.14. The lowest BCUT2D eigenvalue weighted by atomic mass is 9.99. The number of rotatable bonds is 2. The SMILES string of the molecule is Cc1cc(CN)cnc1N1CCC(C)CC1. The van der Waals surface area contributed by atoms with Crippen LogP contribution in [0.1, 0.15) is 30.9 Å². The van der Waals surface area contributed by atoms with E-state index in [1.54, 1.807) is 0 Å².